The van der Waals surface area contributed by atoms with E-state index in [0.29, 0.717) is 17.3 Å². The minimum Gasteiger partial charge on any atom is -0.492 e. The molecule has 0 bridgehead atoms. The van der Waals surface area contributed by atoms with Gasteiger partial charge in [-0.3, -0.25) is 0 Å². The minimum absolute atomic E-state index is 0.368. The van der Waals surface area contributed by atoms with Crippen molar-refractivity contribution in [3.05, 3.63) is 52.8 Å². The Morgan fingerprint density at radius 1 is 1.24 bits per heavy atom. The molecule has 7 heteroatoms. The Balaban J connectivity index is 2.24. The molecule has 1 aromatic carbocycles. The number of aryl methyl sites for hydroxylation is 1. The standard InChI is InChI=1S/C18H16BrClN2O3/c1-11-9-13(14-10-12(20)3-6-17(14)25-8-7-19)15-4-5-16(18(23)24-2)22(15)21-11/h3-6,9-10H,7-8H2,1-2H3. The van der Waals surface area contributed by atoms with E-state index in [1.165, 1.54) is 7.11 Å². The molecule has 2 aromatic heterocycles. The molecule has 0 saturated carbocycles. The molecule has 0 N–H and O–H groups in total. The van der Waals surface area contributed by atoms with Crippen LogP contribution in [0.15, 0.2) is 36.4 Å². The van der Waals surface area contributed by atoms with Crippen LogP contribution in [-0.4, -0.2) is 34.6 Å². The molecule has 25 heavy (non-hydrogen) atoms. The molecule has 2 heterocycles. The van der Waals surface area contributed by atoms with Crippen LogP contribution >= 0.6 is 27.5 Å². The van der Waals surface area contributed by atoms with Crippen molar-refractivity contribution in [3.63, 3.8) is 0 Å². The maximum Gasteiger partial charge on any atom is 0.356 e. The van der Waals surface area contributed by atoms with E-state index in [4.69, 9.17) is 21.1 Å². The lowest BCUT2D eigenvalue weighted by atomic mass is 10.0. The van der Waals surface area contributed by atoms with Gasteiger partial charge in [0.1, 0.15) is 5.75 Å². The van der Waals surface area contributed by atoms with E-state index in [1.54, 1.807) is 16.6 Å². The number of esters is 1. The van der Waals surface area contributed by atoms with Crippen molar-refractivity contribution < 1.29 is 14.3 Å². The third kappa shape index (κ3) is 3.50. The Kier molecular flexibility index (Phi) is 5.30. The Labute approximate surface area is 158 Å². The number of benzene rings is 1. The SMILES string of the molecule is COC(=O)c1ccc2c(-c3cc(Cl)ccc3OCCBr)cc(C)nn12. The number of hydrogen-bond acceptors (Lipinski definition) is 4. The summed E-state index contributed by atoms with van der Waals surface area (Å²) in [6.45, 7) is 2.40. The van der Waals surface area contributed by atoms with Crippen molar-refractivity contribution in [2.45, 2.75) is 6.92 Å². The number of methoxy groups -OCH3 is 1. The van der Waals surface area contributed by atoms with Gasteiger partial charge in [-0.15, -0.1) is 0 Å². The number of halogens is 2. The number of fused-ring (bicyclic) bond motifs is 1. The second-order valence-corrected chi connectivity index (χ2v) is 6.61. The average molecular weight is 424 g/mol. The van der Waals surface area contributed by atoms with Crippen LogP contribution in [0, 0.1) is 6.92 Å². The third-order valence-electron chi connectivity index (χ3n) is 3.70. The van der Waals surface area contributed by atoms with Crippen LogP contribution in [0.1, 0.15) is 16.2 Å². The number of nitrogens with zero attached hydrogens (tertiary/aromatic N) is 2. The van der Waals surface area contributed by atoms with Crippen LogP contribution in [0.3, 0.4) is 0 Å². The molecule has 0 aliphatic heterocycles. The second-order valence-electron chi connectivity index (χ2n) is 5.38. The first-order chi connectivity index (χ1) is 12.0. The van der Waals surface area contributed by atoms with Crippen molar-refractivity contribution in [2.24, 2.45) is 0 Å². The van der Waals surface area contributed by atoms with E-state index in [2.05, 4.69) is 21.0 Å². The molecule has 5 nitrogen and oxygen atoms in total. The number of carbonyl (C=O) groups excluding carboxylic acids is 1. The lowest BCUT2D eigenvalue weighted by Gasteiger charge is -2.13. The highest BCUT2D eigenvalue weighted by molar-refractivity contribution is 9.09. The predicted octanol–water partition coefficient (Wildman–Crippen LogP) is 4.52. The highest BCUT2D eigenvalue weighted by atomic mass is 79.9. The fourth-order valence-corrected chi connectivity index (χ4v) is 3.01. The Morgan fingerprint density at radius 3 is 2.76 bits per heavy atom. The van der Waals surface area contributed by atoms with Gasteiger partial charge in [-0.1, -0.05) is 27.5 Å². The zero-order chi connectivity index (χ0) is 18.0. The van der Waals surface area contributed by atoms with Gasteiger partial charge in [0, 0.05) is 21.5 Å². The van der Waals surface area contributed by atoms with Gasteiger partial charge in [0.05, 0.1) is 24.9 Å². The predicted molar refractivity (Wildman–Crippen MR) is 101 cm³/mol. The minimum atomic E-state index is -0.439. The maximum absolute atomic E-state index is 12.0. The first-order valence-corrected chi connectivity index (χ1v) is 9.11. The van der Waals surface area contributed by atoms with Crippen molar-refractivity contribution in [1.82, 2.24) is 9.61 Å². The topological polar surface area (TPSA) is 52.8 Å². The van der Waals surface area contributed by atoms with Crippen molar-refractivity contribution >= 4 is 39.0 Å². The van der Waals surface area contributed by atoms with E-state index < -0.39 is 5.97 Å². The van der Waals surface area contributed by atoms with Gasteiger partial charge < -0.3 is 9.47 Å². The van der Waals surface area contributed by atoms with Crippen LogP contribution in [-0.2, 0) is 4.74 Å². The summed E-state index contributed by atoms with van der Waals surface area (Å²) < 4.78 is 12.3. The summed E-state index contributed by atoms with van der Waals surface area (Å²) in [6, 6.07) is 11.0. The molecule has 130 valence electrons. The van der Waals surface area contributed by atoms with E-state index >= 15 is 0 Å². The van der Waals surface area contributed by atoms with E-state index in [-0.39, 0.29) is 0 Å². The third-order valence-corrected chi connectivity index (χ3v) is 4.26. The average Bonchev–Trinajstić information content (AvgIpc) is 3.03. The Hall–Kier alpha value is -2.05. The first kappa shape index (κ1) is 17.8. The summed E-state index contributed by atoms with van der Waals surface area (Å²) in [5.74, 6) is 0.281. The van der Waals surface area contributed by atoms with E-state index in [1.807, 2.05) is 31.2 Å². The zero-order valence-electron chi connectivity index (χ0n) is 13.8. The number of aromatic nitrogens is 2. The van der Waals surface area contributed by atoms with E-state index in [9.17, 15) is 4.79 Å². The highest BCUT2D eigenvalue weighted by Crippen LogP contribution is 2.36. The molecule has 3 aromatic rings. The lowest BCUT2D eigenvalue weighted by Crippen LogP contribution is -2.08. The molecule has 0 radical (unpaired) electrons. The maximum atomic E-state index is 12.0. The zero-order valence-corrected chi connectivity index (χ0v) is 16.1. The van der Waals surface area contributed by atoms with Gasteiger partial charge >= 0.3 is 5.97 Å². The number of carbonyl (C=O) groups is 1. The summed E-state index contributed by atoms with van der Waals surface area (Å²) in [4.78, 5) is 12.0. The molecule has 3 rings (SSSR count). The van der Waals surface area contributed by atoms with Gasteiger partial charge in [-0.2, -0.15) is 5.10 Å². The summed E-state index contributed by atoms with van der Waals surface area (Å²) in [6.07, 6.45) is 0. The molecule has 0 unspecified atom stereocenters. The number of rotatable bonds is 5. The van der Waals surface area contributed by atoms with Crippen LogP contribution in [0.4, 0.5) is 0 Å². The molecular weight excluding hydrogens is 408 g/mol. The van der Waals surface area contributed by atoms with Gasteiger partial charge in [0.15, 0.2) is 5.69 Å². The van der Waals surface area contributed by atoms with Gasteiger partial charge in [-0.05, 0) is 43.3 Å². The first-order valence-electron chi connectivity index (χ1n) is 7.61. The largest absolute Gasteiger partial charge is 0.492 e. The molecule has 0 aliphatic rings. The second kappa shape index (κ2) is 7.45. The van der Waals surface area contributed by atoms with Crippen molar-refractivity contribution in [3.8, 4) is 16.9 Å². The van der Waals surface area contributed by atoms with Crippen LogP contribution < -0.4 is 4.74 Å². The van der Waals surface area contributed by atoms with Gasteiger partial charge in [-0.25, -0.2) is 9.31 Å². The smallest absolute Gasteiger partial charge is 0.356 e. The summed E-state index contributed by atoms with van der Waals surface area (Å²) in [7, 11) is 1.35. The Bertz CT molecular complexity index is 939. The normalized spacial score (nSPS) is 10.9. The van der Waals surface area contributed by atoms with Crippen molar-refractivity contribution in [2.75, 3.05) is 19.0 Å². The van der Waals surface area contributed by atoms with Crippen molar-refractivity contribution in [1.29, 1.82) is 0 Å². The van der Waals surface area contributed by atoms with Crippen LogP contribution in [0.2, 0.25) is 5.02 Å². The summed E-state index contributed by atoms with van der Waals surface area (Å²) >= 11 is 9.57. The monoisotopic (exact) mass is 422 g/mol. The van der Waals surface area contributed by atoms with Gasteiger partial charge in [0.2, 0.25) is 0 Å². The molecule has 0 atom stereocenters. The molecule has 0 spiro atoms. The van der Waals surface area contributed by atoms with Crippen LogP contribution in [0.5, 0.6) is 5.75 Å². The molecular formula is C18H16BrClN2O3. The highest BCUT2D eigenvalue weighted by Gasteiger charge is 2.18. The fourth-order valence-electron chi connectivity index (χ4n) is 2.67. The number of alkyl halides is 1. The summed E-state index contributed by atoms with van der Waals surface area (Å²) in [5, 5.41) is 5.76. The quantitative estimate of drug-likeness (QED) is 0.447. The molecule has 0 fully saturated rings. The number of ether oxygens (including phenoxy) is 2. The van der Waals surface area contributed by atoms with E-state index in [0.717, 1.165) is 33.4 Å². The molecule has 0 saturated heterocycles. The summed E-state index contributed by atoms with van der Waals surface area (Å²) in [5.41, 5.74) is 3.63. The fraction of sp³-hybridized carbons (Fsp3) is 0.222. The Morgan fingerprint density at radius 2 is 2.04 bits per heavy atom. The molecule has 0 aliphatic carbocycles. The lowest BCUT2D eigenvalue weighted by molar-refractivity contribution is 0.0591. The number of hydrogen-bond donors (Lipinski definition) is 0. The van der Waals surface area contributed by atoms with Gasteiger partial charge in [0.25, 0.3) is 0 Å². The van der Waals surface area contributed by atoms with Crippen LogP contribution in [0.25, 0.3) is 16.6 Å². The molecule has 0 amide bonds.